The standard InChI is InChI=1S/C110H64N6S2/c1-2-21-69-58-76(51-46-65(69)20-1)81-53-55-94(86-32-11-7-30-84(81)86)108-113-106(77-25-17-24-73(61-77)98-63-74-22-3-5-26-79(74)82-28-8-13-34-88(82)98)114-110(116-108)97-40-19-38-93-100-62-72(52-57-102(100)118-104(93)97)71-50-45-67-44-49-70(59-78(67)60-71)66-42-47-68(48-43-66)105-111-107(115-109(112-105)96-39-18-37-92-91-36-15-16-41-101(91)117-103(92)96)95-56-54-90(85-31-10-12-33-87(85)95)99-64-75-23-4-6-27-80(75)83-29-9-14-35-89(83)99/h1-64H. The third-order valence-corrected chi connectivity index (χ3v) is 26.4. The summed E-state index contributed by atoms with van der Waals surface area (Å²) in [5.41, 5.74) is 17.0. The van der Waals surface area contributed by atoms with Crippen molar-refractivity contribution in [2.45, 2.75) is 0 Å². The first-order chi connectivity index (χ1) is 58.4. The number of hydrogen-bond acceptors (Lipinski definition) is 8. The molecule has 0 saturated heterocycles. The molecule has 24 rings (SSSR count). The molecular weight excluding hydrogens is 1470 g/mol. The lowest BCUT2D eigenvalue weighted by Crippen LogP contribution is -2.01. The number of aromatic nitrogens is 6. The number of fused-ring (bicyclic) bond motifs is 16. The SMILES string of the molecule is c1cc(-c2nc(-c3ccc(-c4ccc5ccccc5c4)c4ccccc34)nc(-c3cccc4c3sc3ccc(-c5ccc6ccc(-c7ccc(-c8nc(-c9ccc(-c%10cc%11ccccc%11c%11ccccc%10%11)c%10ccccc9%10)nc(-c9cccc%10c9sc9ccccc9%10)n8)cc7)cc6c5)cc34)n2)cc(-c2cc3ccccc3c3ccccc23)c1. The normalized spacial score (nSPS) is 11.9. The van der Waals surface area contributed by atoms with Crippen LogP contribution in [-0.4, -0.2) is 29.9 Å². The molecule has 24 aromatic rings. The van der Waals surface area contributed by atoms with Gasteiger partial charge in [-0.25, -0.2) is 29.9 Å². The summed E-state index contributed by atoms with van der Waals surface area (Å²) in [5, 5.41) is 23.6. The molecule has 0 spiro atoms. The fourth-order valence-electron chi connectivity index (χ4n) is 18.2. The second kappa shape index (κ2) is 27.3. The Hall–Kier alpha value is -15.1. The maximum absolute atomic E-state index is 5.56. The molecule has 4 heterocycles. The van der Waals surface area contributed by atoms with Gasteiger partial charge in [-0.05, 0) is 221 Å². The molecule has 6 nitrogen and oxygen atoms in total. The molecule has 0 fully saturated rings. The van der Waals surface area contributed by atoms with E-state index in [1.54, 1.807) is 22.7 Å². The van der Waals surface area contributed by atoms with E-state index < -0.39 is 0 Å². The van der Waals surface area contributed by atoms with Crippen molar-refractivity contribution >= 4 is 149 Å². The van der Waals surface area contributed by atoms with Crippen LogP contribution in [-0.2, 0) is 0 Å². The van der Waals surface area contributed by atoms with Crippen LogP contribution in [0.1, 0.15) is 0 Å². The lowest BCUT2D eigenvalue weighted by Gasteiger charge is -2.16. The van der Waals surface area contributed by atoms with Crippen LogP contribution in [0.3, 0.4) is 0 Å². The van der Waals surface area contributed by atoms with E-state index in [0.29, 0.717) is 34.9 Å². The second-order valence-corrected chi connectivity index (χ2v) is 32.8. The van der Waals surface area contributed by atoms with E-state index in [9.17, 15) is 0 Å². The van der Waals surface area contributed by atoms with Crippen molar-refractivity contribution in [1.82, 2.24) is 29.9 Å². The Morgan fingerprint density at radius 3 is 1.11 bits per heavy atom. The van der Waals surface area contributed by atoms with Gasteiger partial charge < -0.3 is 0 Å². The summed E-state index contributed by atoms with van der Waals surface area (Å²) >= 11 is 3.57. The molecule has 118 heavy (non-hydrogen) atoms. The molecule has 0 radical (unpaired) electrons. The van der Waals surface area contributed by atoms with E-state index in [1.165, 1.54) is 90.4 Å². The zero-order chi connectivity index (χ0) is 77.5. The topological polar surface area (TPSA) is 77.3 Å². The molecule has 0 unspecified atom stereocenters. The van der Waals surface area contributed by atoms with E-state index in [1.807, 2.05) is 0 Å². The minimum absolute atomic E-state index is 0.603. The molecule has 0 N–H and O–H groups in total. The Balaban J connectivity index is 0.588. The molecule has 0 bridgehead atoms. The smallest absolute Gasteiger partial charge is 0.165 e. The van der Waals surface area contributed by atoms with Crippen LogP contribution in [0.4, 0.5) is 0 Å². The van der Waals surface area contributed by atoms with Gasteiger partial charge >= 0.3 is 0 Å². The Morgan fingerprint density at radius 2 is 0.492 bits per heavy atom. The van der Waals surface area contributed by atoms with Crippen LogP contribution in [0.2, 0.25) is 0 Å². The van der Waals surface area contributed by atoms with Crippen molar-refractivity contribution in [2.24, 2.45) is 0 Å². The minimum atomic E-state index is 0.603. The van der Waals surface area contributed by atoms with Gasteiger partial charge in [0.2, 0.25) is 0 Å². The van der Waals surface area contributed by atoms with Crippen molar-refractivity contribution in [3.63, 3.8) is 0 Å². The molecule has 8 heteroatoms. The highest BCUT2D eigenvalue weighted by molar-refractivity contribution is 7.26. The third-order valence-electron chi connectivity index (χ3n) is 24.0. The van der Waals surface area contributed by atoms with Gasteiger partial charge in [0.25, 0.3) is 0 Å². The first kappa shape index (κ1) is 67.4. The molecule has 20 aromatic carbocycles. The molecule has 0 aliphatic rings. The predicted molar refractivity (Wildman–Crippen MR) is 499 cm³/mol. The highest BCUT2D eigenvalue weighted by Gasteiger charge is 2.24. The highest BCUT2D eigenvalue weighted by Crippen LogP contribution is 2.48. The van der Waals surface area contributed by atoms with Gasteiger partial charge in [-0.2, -0.15) is 0 Å². The van der Waals surface area contributed by atoms with Crippen LogP contribution in [0.15, 0.2) is 388 Å². The van der Waals surface area contributed by atoms with Crippen molar-refractivity contribution in [2.75, 3.05) is 0 Å². The Morgan fingerprint density at radius 1 is 0.136 bits per heavy atom. The van der Waals surface area contributed by atoms with Crippen molar-refractivity contribution in [1.29, 1.82) is 0 Å². The van der Waals surface area contributed by atoms with E-state index >= 15 is 0 Å². The Kier molecular flexibility index (Phi) is 15.6. The molecule has 0 amide bonds. The minimum Gasteiger partial charge on any atom is -0.208 e. The summed E-state index contributed by atoms with van der Waals surface area (Å²) in [7, 11) is 0. The number of hydrogen-bond donors (Lipinski definition) is 0. The van der Waals surface area contributed by atoms with Crippen LogP contribution in [0.25, 0.3) is 250 Å². The number of nitrogens with zero attached hydrogens (tertiary/aromatic N) is 6. The van der Waals surface area contributed by atoms with Gasteiger partial charge in [-0.3, -0.25) is 0 Å². The van der Waals surface area contributed by atoms with Gasteiger partial charge in [-0.15, -0.1) is 22.7 Å². The first-order valence-electron chi connectivity index (χ1n) is 39.9. The molecule has 0 atom stereocenters. The van der Waals surface area contributed by atoms with E-state index in [-0.39, 0.29) is 0 Å². The van der Waals surface area contributed by atoms with E-state index in [4.69, 9.17) is 29.9 Å². The number of rotatable bonds is 11. The van der Waals surface area contributed by atoms with Gasteiger partial charge in [0, 0.05) is 73.7 Å². The molecular formula is C110H64N6S2. The Labute approximate surface area is 686 Å². The van der Waals surface area contributed by atoms with Gasteiger partial charge in [0.15, 0.2) is 34.9 Å². The number of thiophene rings is 2. The Bertz CT molecular complexity index is 8350. The van der Waals surface area contributed by atoms with Crippen LogP contribution in [0, 0.1) is 0 Å². The summed E-state index contributed by atoms with van der Waals surface area (Å²) in [6.07, 6.45) is 0. The zero-order valence-corrected chi connectivity index (χ0v) is 65.1. The molecule has 4 aromatic heterocycles. The summed E-state index contributed by atoms with van der Waals surface area (Å²) in [6, 6.07) is 141. The first-order valence-corrected chi connectivity index (χ1v) is 41.6. The third kappa shape index (κ3) is 11.3. The molecule has 0 aliphatic heterocycles. The largest absolute Gasteiger partial charge is 0.208 e. The van der Waals surface area contributed by atoms with Crippen LogP contribution < -0.4 is 0 Å². The predicted octanol–water partition coefficient (Wildman–Crippen LogP) is 30.4. The fraction of sp³-hybridized carbons (Fsp3) is 0. The summed E-state index contributed by atoms with van der Waals surface area (Å²) in [4.78, 5) is 32.9. The van der Waals surface area contributed by atoms with E-state index in [2.05, 4.69) is 388 Å². The lowest BCUT2D eigenvalue weighted by atomic mass is 9.89. The van der Waals surface area contributed by atoms with Crippen LogP contribution >= 0.6 is 22.7 Å². The van der Waals surface area contributed by atoms with Crippen LogP contribution in [0.5, 0.6) is 0 Å². The summed E-state index contributed by atoms with van der Waals surface area (Å²) < 4.78 is 4.68. The van der Waals surface area contributed by atoms with Gasteiger partial charge in [0.1, 0.15) is 0 Å². The van der Waals surface area contributed by atoms with Crippen molar-refractivity contribution in [3.8, 4) is 124 Å². The summed E-state index contributed by atoms with van der Waals surface area (Å²) in [6.45, 7) is 0. The molecule has 546 valence electrons. The zero-order valence-electron chi connectivity index (χ0n) is 63.5. The molecule has 0 aliphatic carbocycles. The van der Waals surface area contributed by atoms with E-state index in [0.717, 1.165) is 125 Å². The maximum Gasteiger partial charge on any atom is 0.165 e. The second-order valence-electron chi connectivity index (χ2n) is 30.7. The van der Waals surface area contributed by atoms with Crippen molar-refractivity contribution < 1.29 is 0 Å². The van der Waals surface area contributed by atoms with Crippen molar-refractivity contribution in [3.05, 3.63) is 388 Å². The average molecular weight is 1530 g/mol. The fourth-order valence-corrected chi connectivity index (χ4v) is 20.6. The quantitative estimate of drug-likeness (QED) is 0.120. The van der Waals surface area contributed by atoms with Gasteiger partial charge in [0.05, 0.1) is 0 Å². The number of benzene rings is 20. The highest BCUT2D eigenvalue weighted by atomic mass is 32.1. The average Bonchev–Trinajstić information content (AvgIpc) is 1.41. The van der Waals surface area contributed by atoms with Gasteiger partial charge in [-0.1, -0.05) is 309 Å². The molecule has 0 saturated carbocycles. The summed E-state index contributed by atoms with van der Waals surface area (Å²) in [5.74, 6) is 3.69. The monoisotopic (exact) mass is 1530 g/mol. The maximum atomic E-state index is 5.56. The lowest BCUT2D eigenvalue weighted by molar-refractivity contribution is 1.08.